The fraction of sp³-hybridized carbons (Fsp3) is 0.182. The highest BCUT2D eigenvalue weighted by Gasteiger charge is 2.18. The second kappa shape index (κ2) is 4.36. The summed E-state index contributed by atoms with van der Waals surface area (Å²) in [5.41, 5.74) is 1.48. The zero-order chi connectivity index (χ0) is 13.3. The van der Waals surface area contributed by atoms with Crippen LogP contribution in [-0.2, 0) is 0 Å². The van der Waals surface area contributed by atoms with E-state index in [0.29, 0.717) is 17.1 Å². The molecule has 0 aliphatic rings. The van der Waals surface area contributed by atoms with Crippen molar-refractivity contribution in [3.05, 3.63) is 23.5 Å². The number of nitrogens with one attached hydrogen (secondary N) is 1. The van der Waals surface area contributed by atoms with E-state index in [-0.39, 0.29) is 17.2 Å². The lowest BCUT2D eigenvalue weighted by atomic mass is 10.2. The Bertz CT molecular complexity index is 606. The van der Waals surface area contributed by atoms with Gasteiger partial charge in [0.25, 0.3) is 0 Å². The summed E-state index contributed by atoms with van der Waals surface area (Å²) in [5, 5.41) is 24.0. The average Bonchev–Trinajstić information content (AvgIpc) is 2.64. The third-order valence-electron chi connectivity index (χ3n) is 2.39. The van der Waals surface area contributed by atoms with Crippen molar-refractivity contribution >= 4 is 11.8 Å². The summed E-state index contributed by atoms with van der Waals surface area (Å²) in [7, 11) is 0. The van der Waals surface area contributed by atoms with Gasteiger partial charge in [-0.3, -0.25) is 5.32 Å². The van der Waals surface area contributed by atoms with Crippen LogP contribution in [0.15, 0.2) is 16.7 Å². The second-order valence-electron chi connectivity index (χ2n) is 3.70. The molecule has 0 spiro atoms. The van der Waals surface area contributed by atoms with E-state index in [0.717, 1.165) is 0 Å². The summed E-state index contributed by atoms with van der Waals surface area (Å²) < 4.78 is 5.06. The predicted molar refractivity (Wildman–Crippen MR) is 62.5 cm³/mol. The zero-order valence-electron chi connectivity index (χ0n) is 9.76. The molecule has 0 aliphatic carbocycles. The smallest absolute Gasteiger partial charge is 0.409 e. The Morgan fingerprint density at radius 2 is 2.06 bits per heavy atom. The van der Waals surface area contributed by atoms with Crippen LogP contribution in [0.2, 0.25) is 0 Å². The molecule has 0 saturated heterocycles. The maximum atomic E-state index is 10.7. The summed E-state index contributed by atoms with van der Waals surface area (Å²) in [6.07, 6.45) is -1.21. The molecule has 7 nitrogen and oxygen atoms in total. The number of aromatic hydroxyl groups is 1. The molecule has 1 amide bonds. The number of aryl methyl sites for hydroxylation is 2. The van der Waals surface area contributed by atoms with Gasteiger partial charge in [-0.2, -0.15) is 0 Å². The molecule has 0 unspecified atom stereocenters. The first kappa shape index (κ1) is 11.9. The summed E-state index contributed by atoms with van der Waals surface area (Å²) in [4.78, 5) is 14.8. The molecule has 0 bridgehead atoms. The Kier molecular flexibility index (Phi) is 2.88. The fourth-order valence-electron chi connectivity index (χ4n) is 1.48. The van der Waals surface area contributed by atoms with Gasteiger partial charge in [0.05, 0.1) is 5.69 Å². The summed E-state index contributed by atoms with van der Waals surface area (Å²) in [5.74, 6) is 0.278. The molecular formula is C11H11N3O4. The van der Waals surface area contributed by atoms with Crippen molar-refractivity contribution in [3.8, 4) is 17.2 Å². The van der Waals surface area contributed by atoms with Crippen molar-refractivity contribution in [3.63, 3.8) is 0 Å². The van der Waals surface area contributed by atoms with E-state index in [1.165, 1.54) is 12.1 Å². The van der Waals surface area contributed by atoms with E-state index in [4.69, 9.17) is 9.63 Å². The lowest BCUT2D eigenvalue weighted by Gasteiger charge is -2.03. The number of hydrogen-bond acceptors (Lipinski definition) is 5. The molecule has 2 heterocycles. The van der Waals surface area contributed by atoms with Crippen LogP contribution in [0, 0.1) is 13.8 Å². The number of pyridine rings is 1. The SMILES string of the molecule is Cc1nc(-c2onc(C)c2NC(=O)O)ccc1O. The van der Waals surface area contributed by atoms with Gasteiger partial charge in [-0.1, -0.05) is 5.16 Å². The van der Waals surface area contributed by atoms with E-state index in [2.05, 4.69) is 15.5 Å². The van der Waals surface area contributed by atoms with Crippen molar-refractivity contribution in [2.45, 2.75) is 13.8 Å². The molecule has 0 fully saturated rings. The van der Waals surface area contributed by atoms with Gasteiger partial charge in [-0.25, -0.2) is 9.78 Å². The molecule has 7 heteroatoms. The molecule has 0 aromatic carbocycles. The molecule has 3 N–H and O–H groups in total. The van der Waals surface area contributed by atoms with Gasteiger partial charge in [-0.15, -0.1) is 0 Å². The Balaban J connectivity index is 2.50. The first-order chi connectivity index (χ1) is 8.49. The molecule has 0 aliphatic heterocycles. The largest absolute Gasteiger partial charge is 0.506 e. The van der Waals surface area contributed by atoms with Crippen molar-refractivity contribution in [1.82, 2.24) is 10.1 Å². The first-order valence-corrected chi connectivity index (χ1v) is 5.12. The third-order valence-corrected chi connectivity index (χ3v) is 2.39. The van der Waals surface area contributed by atoms with Crippen molar-refractivity contribution in [2.24, 2.45) is 0 Å². The quantitative estimate of drug-likeness (QED) is 0.752. The highest BCUT2D eigenvalue weighted by molar-refractivity contribution is 5.88. The fourth-order valence-corrected chi connectivity index (χ4v) is 1.48. The minimum absolute atomic E-state index is 0.0581. The molecule has 2 rings (SSSR count). The van der Waals surface area contributed by atoms with Crippen LogP contribution in [-0.4, -0.2) is 26.4 Å². The monoisotopic (exact) mass is 249 g/mol. The topological polar surface area (TPSA) is 108 Å². The van der Waals surface area contributed by atoms with Crippen LogP contribution in [0.1, 0.15) is 11.4 Å². The summed E-state index contributed by atoms with van der Waals surface area (Å²) in [6, 6.07) is 2.98. The molecule has 2 aromatic rings. The number of rotatable bonds is 2. The van der Waals surface area contributed by atoms with Gasteiger partial charge in [0.15, 0.2) is 0 Å². The number of amides is 1. The van der Waals surface area contributed by atoms with Gasteiger partial charge in [0.2, 0.25) is 5.76 Å². The van der Waals surface area contributed by atoms with E-state index in [1.807, 2.05) is 0 Å². The van der Waals surface area contributed by atoms with Crippen LogP contribution in [0.3, 0.4) is 0 Å². The van der Waals surface area contributed by atoms with Crippen molar-refractivity contribution in [2.75, 3.05) is 5.32 Å². The second-order valence-corrected chi connectivity index (χ2v) is 3.70. The number of hydrogen-bond donors (Lipinski definition) is 3. The Hall–Kier alpha value is -2.57. The van der Waals surface area contributed by atoms with E-state index in [9.17, 15) is 9.90 Å². The molecular weight excluding hydrogens is 238 g/mol. The highest BCUT2D eigenvalue weighted by atomic mass is 16.5. The van der Waals surface area contributed by atoms with Crippen LogP contribution in [0.25, 0.3) is 11.5 Å². The number of nitrogens with zero attached hydrogens (tertiary/aromatic N) is 2. The number of carbonyl (C=O) groups is 1. The minimum Gasteiger partial charge on any atom is -0.506 e. The maximum Gasteiger partial charge on any atom is 0.409 e. The van der Waals surface area contributed by atoms with E-state index in [1.54, 1.807) is 13.8 Å². The standard InChI is InChI=1S/C11H11N3O4/c1-5-8(15)4-3-7(12-5)10-9(13-11(16)17)6(2)14-18-10/h3-4,13,15H,1-2H3,(H,16,17). The molecule has 94 valence electrons. The van der Waals surface area contributed by atoms with E-state index >= 15 is 0 Å². The minimum atomic E-state index is -1.21. The number of carboxylic acid groups (broad SMARTS) is 1. The third kappa shape index (κ3) is 2.10. The van der Waals surface area contributed by atoms with Gasteiger partial charge in [0, 0.05) is 0 Å². The average molecular weight is 249 g/mol. The molecule has 0 atom stereocenters. The molecule has 0 saturated carbocycles. The molecule has 18 heavy (non-hydrogen) atoms. The number of anilines is 1. The van der Waals surface area contributed by atoms with Crippen LogP contribution < -0.4 is 5.32 Å². The number of aromatic nitrogens is 2. The van der Waals surface area contributed by atoms with Crippen LogP contribution in [0.5, 0.6) is 5.75 Å². The summed E-state index contributed by atoms with van der Waals surface area (Å²) >= 11 is 0. The van der Waals surface area contributed by atoms with E-state index < -0.39 is 6.09 Å². The first-order valence-electron chi connectivity index (χ1n) is 5.12. The molecule has 2 aromatic heterocycles. The highest BCUT2D eigenvalue weighted by Crippen LogP contribution is 2.30. The predicted octanol–water partition coefficient (Wildman–Crippen LogP) is 2.15. The van der Waals surface area contributed by atoms with Gasteiger partial charge in [0.1, 0.15) is 22.8 Å². The lowest BCUT2D eigenvalue weighted by molar-refractivity contribution is 0.209. The normalized spacial score (nSPS) is 10.3. The lowest BCUT2D eigenvalue weighted by Crippen LogP contribution is -2.08. The molecule has 0 radical (unpaired) electrons. The maximum absolute atomic E-state index is 10.7. The van der Waals surface area contributed by atoms with Crippen molar-refractivity contribution in [1.29, 1.82) is 0 Å². The van der Waals surface area contributed by atoms with Crippen molar-refractivity contribution < 1.29 is 19.5 Å². The van der Waals surface area contributed by atoms with Crippen LogP contribution >= 0.6 is 0 Å². The van der Waals surface area contributed by atoms with Gasteiger partial charge in [-0.05, 0) is 26.0 Å². The zero-order valence-corrected chi connectivity index (χ0v) is 9.76. The van der Waals surface area contributed by atoms with Gasteiger partial charge >= 0.3 is 6.09 Å². The Morgan fingerprint density at radius 1 is 1.33 bits per heavy atom. The van der Waals surface area contributed by atoms with Gasteiger partial charge < -0.3 is 14.7 Å². The Morgan fingerprint density at radius 3 is 2.67 bits per heavy atom. The summed E-state index contributed by atoms with van der Waals surface area (Å²) in [6.45, 7) is 3.25. The van der Waals surface area contributed by atoms with Crippen LogP contribution in [0.4, 0.5) is 10.5 Å². The Labute approximate surface area is 102 Å².